The number of hydrogen-bond acceptors (Lipinski definition) is 4. The molecule has 2 N–H and O–H groups in total. The molecule has 100 valence electrons. The summed E-state index contributed by atoms with van der Waals surface area (Å²) in [6.45, 7) is 4.29. The Bertz CT molecular complexity index is 421. The summed E-state index contributed by atoms with van der Waals surface area (Å²) >= 11 is 3.26. The fraction of sp³-hybridized carbons (Fsp3) is 0.462. The van der Waals surface area contributed by atoms with Gasteiger partial charge in [-0.2, -0.15) is 0 Å². The largest absolute Gasteiger partial charge is 0.506 e. The van der Waals surface area contributed by atoms with Gasteiger partial charge in [0.2, 0.25) is 0 Å². The van der Waals surface area contributed by atoms with E-state index < -0.39 is 0 Å². The standard InChI is InChI=1S/C13H18BrNO3/c1-8(2)11(13(17)18-3)15-7-9-5-4-6-10(14)12(9)16/h4-6,8,11,15-16H,7H2,1-3H3. The highest BCUT2D eigenvalue weighted by molar-refractivity contribution is 9.10. The summed E-state index contributed by atoms with van der Waals surface area (Å²) in [5.74, 6) is 0.0172. The average Bonchev–Trinajstić information content (AvgIpc) is 2.33. The monoisotopic (exact) mass is 315 g/mol. The molecule has 0 heterocycles. The third-order valence-corrected chi connectivity index (χ3v) is 3.34. The Balaban J connectivity index is 2.73. The Hall–Kier alpha value is -1.07. The van der Waals surface area contributed by atoms with E-state index in [1.807, 2.05) is 26.0 Å². The molecule has 0 aliphatic carbocycles. The number of halogens is 1. The van der Waals surface area contributed by atoms with Crippen LogP contribution in [0.1, 0.15) is 19.4 Å². The van der Waals surface area contributed by atoms with Gasteiger partial charge in [-0.05, 0) is 27.9 Å². The van der Waals surface area contributed by atoms with Crippen molar-refractivity contribution in [2.45, 2.75) is 26.4 Å². The molecule has 0 amide bonds. The molecule has 5 heteroatoms. The number of phenols is 1. The zero-order valence-electron chi connectivity index (χ0n) is 10.7. The summed E-state index contributed by atoms with van der Waals surface area (Å²) in [5.41, 5.74) is 0.735. The highest BCUT2D eigenvalue weighted by atomic mass is 79.9. The minimum Gasteiger partial charge on any atom is -0.506 e. The van der Waals surface area contributed by atoms with Gasteiger partial charge in [0.25, 0.3) is 0 Å². The van der Waals surface area contributed by atoms with Crippen molar-refractivity contribution >= 4 is 21.9 Å². The Morgan fingerprint density at radius 1 is 1.50 bits per heavy atom. The molecule has 1 aromatic carbocycles. The average molecular weight is 316 g/mol. The number of hydrogen-bond donors (Lipinski definition) is 2. The van der Waals surface area contributed by atoms with Crippen LogP contribution in [0.5, 0.6) is 5.75 Å². The van der Waals surface area contributed by atoms with Crippen LogP contribution in [0.25, 0.3) is 0 Å². The second kappa shape index (κ2) is 6.75. The van der Waals surface area contributed by atoms with E-state index in [1.54, 1.807) is 6.07 Å². The van der Waals surface area contributed by atoms with Gasteiger partial charge in [0.1, 0.15) is 11.8 Å². The van der Waals surface area contributed by atoms with Crippen molar-refractivity contribution in [2.24, 2.45) is 5.92 Å². The normalized spacial score (nSPS) is 12.5. The van der Waals surface area contributed by atoms with Crippen LogP contribution in [-0.4, -0.2) is 24.2 Å². The first-order valence-corrected chi connectivity index (χ1v) is 6.54. The Morgan fingerprint density at radius 2 is 2.17 bits per heavy atom. The van der Waals surface area contributed by atoms with Gasteiger partial charge in [-0.15, -0.1) is 0 Å². The summed E-state index contributed by atoms with van der Waals surface area (Å²) in [4.78, 5) is 11.6. The lowest BCUT2D eigenvalue weighted by molar-refractivity contribution is -0.144. The van der Waals surface area contributed by atoms with Crippen molar-refractivity contribution in [1.82, 2.24) is 5.32 Å². The number of para-hydroxylation sites is 1. The Labute approximate surface area is 115 Å². The van der Waals surface area contributed by atoms with E-state index in [1.165, 1.54) is 7.11 Å². The Kier molecular flexibility index (Phi) is 5.62. The van der Waals surface area contributed by atoms with Crippen LogP contribution in [0, 0.1) is 5.92 Å². The maximum absolute atomic E-state index is 11.6. The van der Waals surface area contributed by atoms with Crippen molar-refractivity contribution in [3.05, 3.63) is 28.2 Å². The summed E-state index contributed by atoms with van der Waals surface area (Å²) in [7, 11) is 1.37. The molecule has 0 fully saturated rings. The fourth-order valence-corrected chi connectivity index (χ4v) is 2.05. The van der Waals surface area contributed by atoms with Crippen LogP contribution >= 0.6 is 15.9 Å². The number of ether oxygens (including phenoxy) is 1. The van der Waals surface area contributed by atoms with Crippen molar-refractivity contribution in [1.29, 1.82) is 0 Å². The van der Waals surface area contributed by atoms with Gasteiger partial charge < -0.3 is 9.84 Å². The van der Waals surface area contributed by atoms with Crippen LogP contribution in [0.4, 0.5) is 0 Å². The molecule has 0 aliphatic heterocycles. The molecule has 0 saturated carbocycles. The molecule has 4 nitrogen and oxygen atoms in total. The number of carbonyl (C=O) groups is 1. The van der Waals surface area contributed by atoms with Gasteiger partial charge in [-0.1, -0.05) is 26.0 Å². The minimum absolute atomic E-state index is 0.117. The van der Waals surface area contributed by atoms with Gasteiger partial charge in [0, 0.05) is 12.1 Å². The summed E-state index contributed by atoms with van der Waals surface area (Å²) in [6, 6.07) is 5.03. The van der Waals surface area contributed by atoms with Gasteiger partial charge >= 0.3 is 5.97 Å². The van der Waals surface area contributed by atoms with Gasteiger partial charge in [0.05, 0.1) is 11.6 Å². The maximum atomic E-state index is 11.6. The molecule has 0 bridgehead atoms. The van der Waals surface area contributed by atoms with E-state index >= 15 is 0 Å². The molecule has 1 rings (SSSR count). The van der Waals surface area contributed by atoms with Crippen LogP contribution in [0.3, 0.4) is 0 Å². The van der Waals surface area contributed by atoms with Crippen LogP contribution < -0.4 is 5.32 Å². The van der Waals surface area contributed by atoms with Gasteiger partial charge in [0.15, 0.2) is 0 Å². The number of methoxy groups -OCH3 is 1. The topological polar surface area (TPSA) is 58.6 Å². The van der Waals surface area contributed by atoms with Crippen LogP contribution in [0.2, 0.25) is 0 Å². The minimum atomic E-state index is -0.381. The zero-order chi connectivity index (χ0) is 13.7. The number of carbonyl (C=O) groups excluding carboxylic acids is 1. The first kappa shape index (κ1) is 15.0. The molecule has 1 unspecified atom stereocenters. The molecule has 0 spiro atoms. The van der Waals surface area contributed by atoms with E-state index in [2.05, 4.69) is 21.2 Å². The Morgan fingerprint density at radius 3 is 2.72 bits per heavy atom. The van der Waals surface area contributed by atoms with E-state index in [0.29, 0.717) is 11.0 Å². The van der Waals surface area contributed by atoms with Crippen LogP contribution in [-0.2, 0) is 16.1 Å². The number of esters is 1. The molecule has 18 heavy (non-hydrogen) atoms. The lowest BCUT2D eigenvalue weighted by Gasteiger charge is -2.20. The molecule has 0 saturated heterocycles. The number of benzene rings is 1. The summed E-state index contributed by atoms with van der Waals surface area (Å²) in [5, 5.41) is 12.9. The highest BCUT2D eigenvalue weighted by Crippen LogP contribution is 2.27. The predicted octanol–water partition coefficient (Wildman–Crippen LogP) is 2.44. The third-order valence-electron chi connectivity index (χ3n) is 2.70. The maximum Gasteiger partial charge on any atom is 0.323 e. The number of rotatable bonds is 5. The first-order chi connectivity index (χ1) is 8.47. The molecule has 0 aromatic heterocycles. The molecule has 0 radical (unpaired) electrons. The predicted molar refractivity (Wildman–Crippen MR) is 73.3 cm³/mol. The lowest BCUT2D eigenvalue weighted by atomic mass is 10.0. The third kappa shape index (κ3) is 3.71. The molecular formula is C13H18BrNO3. The highest BCUT2D eigenvalue weighted by Gasteiger charge is 2.22. The van der Waals surface area contributed by atoms with Gasteiger partial charge in [-0.25, -0.2) is 0 Å². The van der Waals surface area contributed by atoms with Gasteiger partial charge in [-0.3, -0.25) is 10.1 Å². The lowest BCUT2D eigenvalue weighted by Crippen LogP contribution is -2.41. The van der Waals surface area contributed by atoms with Crippen LogP contribution in [0.15, 0.2) is 22.7 Å². The summed E-state index contributed by atoms with van der Waals surface area (Å²) < 4.78 is 5.38. The van der Waals surface area contributed by atoms with E-state index in [0.717, 1.165) is 5.56 Å². The van der Waals surface area contributed by atoms with Crippen molar-refractivity contribution in [3.8, 4) is 5.75 Å². The van der Waals surface area contributed by atoms with Crippen molar-refractivity contribution in [3.63, 3.8) is 0 Å². The number of phenolic OH excluding ortho intramolecular Hbond substituents is 1. The molecule has 1 atom stereocenters. The van der Waals surface area contributed by atoms with E-state index in [-0.39, 0.29) is 23.7 Å². The van der Waals surface area contributed by atoms with E-state index in [9.17, 15) is 9.90 Å². The SMILES string of the molecule is COC(=O)C(NCc1cccc(Br)c1O)C(C)C. The molecule has 0 aliphatic rings. The first-order valence-electron chi connectivity index (χ1n) is 5.75. The van der Waals surface area contributed by atoms with E-state index in [4.69, 9.17) is 4.74 Å². The molecular weight excluding hydrogens is 298 g/mol. The number of aromatic hydroxyl groups is 1. The second-order valence-electron chi connectivity index (χ2n) is 4.37. The second-order valence-corrected chi connectivity index (χ2v) is 5.23. The number of nitrogens with one attached hydrogen (secondary N) is 1. The zero-order valence-corrected chi connectivity index (χ0v) is 12.3. The molecule has 1 aromatic rings. The van der Waals surface area contributed by atoms with Crippen molar-refractivity contribution in [2.75, 3.05) is 7.11 Å². The van der Waals surface area contributed by atoms with Crippen molar-refractivity contribution < 1.29 is 14.6 Å². The smallest absolute Gasteiger partial charge is 0.323 e. The fourth-order valence-electron chi connectivity index (χ4n) is 1.64. The summed E-state index contributed by atoms with van der Waals surface area (Å²) in [6.07, 6.45) is 0. The quantitative estimate of drug-likeness (QED) is 0.819.